The maximum atomic E-state index is 13.4. The molecule has 5 nitrogen and oxygen atoms in total. The number of nitrogens with one attached hydrogen (secondary N) is 1. The topological polar surface area (TPSA) is 73.4 Å². The fourth-order valence-corrected chi connectivity index (χ4v) is 3.52. The minimum atomic E-state index is -0.485. The number of pyridine rings is 1. The van der Waals surface area contributed by atoms with E-state index in [2.05, 4.69) is 4.98 Å². The number of hydrogen-bond acceptors (Lipinski definition) is 3. The highest BCUT2D eigenvalue weighted by atomic mass is 35.5. The summed E-state index contributed by atoms with van der Waals surface area (Å²) in [6, 6.07) is 12.9. The van der Waals surface area contributed by atoms with E-state index in [-0.39, 0.29) is 23.5 Å². The van der Waals surface area contributed by atoms with Crippen LogP contribution in [0.5, 0.6) is 0 Å². The van der Waals surface area contributed by atoms with Crippen molar-refractivity contribution in [3.8, 4) is 0 Å². The molecular weight excluding hydrogens is 400 g/mol. The lowest BCUT2D eigenvalue weighted by Gasteiger charge is -2.36. The lowest BCUT2D eigenvalue weighted by Crippen LogP contribution is -2.46. The molecule has 0 saturated carbocycles. The number of aromatic amines is 1. The maximum Gasteiger partial charge on any atom is 0.260 e. The van der Waals surface area contributed by atoms with Gasteiger partial charge in [0, 0.05) is 40.8 Å². The van der Waals surface area contributed by atoms with Gasteiger partial charge < -0.3 is 15.0 Å². The minimum Gasteiger partial charge on any atom is -0.396 e. The maximum absolute atomic E-state index is 13.4. The van der Waals surface area contributed by atoms with Gasteiger partial charge in [-0.3, -0.25) is 9.59 Å². The first-order valence-corrected chi connectivity index (χ1v) is 10.4. The molecule has 3 aromatic rings. The van der Waals surface area contributed by atoms with Gasteiger partial charge in [0.25, 0.3) is 5.91 Å². The Balaban J connectivity index is 2.00. The molecule has 0 fully saturated rings. The van der Waals surface area contributed by atoms with Crippen LogP contribution in [-0.4, -0.2) is 33.0 Å². The highest BCUT2D eigenvalue weighted by Crippen LogP contribution is 2.22. The number of halogens is 1. The summed E-state index contributed by atoms with van der Waals surface area (Å²) in [6.07, 6.45) is 2.80. The molecule has 0 bridgehead atoms. The largest absolute Gasteiger partial charge is 0.396 e. The lowest BCUT2D eigenvalue weighted by molar-refractivity contribution is 0.0557. The Hall–Kier alpha value is -2.63. The summed E-state index contributed by atoms with van der Waals surface area (Å²) in [6.45, 7) is 6.31. The molecule has 1 aromatic heterocycles. The molecule has 0 saturated heterocycles. The van der Waals surface area contributed by atoms with E-state index in [0.29, 0.717) is 35.3 Å². The van der Waals surface area contributed by atoms with Gasteiger partial charge in [-0.05, 0) is 69.0 Å². The number of nitrogens with zero attached hydrogens (tertiary/aromatic N) is 1. The molecule has 0 unspecified atom stereocenters. The molecule has 30 heavy (non-hydrogen) atoms. The predicted molar refractivity (Wildman–Crippen MR) is 121 cm³/mol. The summed E-state index contributed by atoms with van der Waals surface area (Å²) >= 11 is 5.98. The molecule has 6 heteroatoms. The van der Waals surface area contributed by atoms with E-state index < -0.39 is 5.54 Å². The van der Waals surface area contributed by atoms with Crippen molar-refractivity contribution in [1.82, 2.24) is 9.88 Å². The van der Waals surface area contributed by atoms with Crippen LogP contribution in [0.25, 0.3) is 10.9 Å². The fourth-order valence-electron chi connectivity index (χ4n) is 3.39. The van der Waals surface area contributed by atoms with Crippen molar-refractivity contribution >= 4 is 28.4 Å². The van der Waals surface area contributed by atoms with Gasteiger partial charge in [0.15, 0.2) is 0 Å². The standard InChI is InChI=1S/C24H27ClN2O3/c1-24(2,3)27(15-17-6-9-18(25)10-7-17)23(30)20-14-26-21-11-8-16(5-4-12-28)13-19(21)22(20)29/h6-11,13-14,28H,4-5,12,15H2,1-3H3,(H,26,29). The zero-order chi connectivity index (χ0) is 21.9. The molecule has 0 aliphatic rings. The number of rotatable bonds is 6. The van der Waals surface area contributed by atoms with Gasteiger partial charge in [-0.15, -0.1) is 0 Å². The third-order valence-electron chi connectivity index (χ3n) is 5.11. The first-order valence-electron chi connectivity index (χ1n) is 10.0. The number of aliphatic hydroxyl groups is 1. The molecule has 3 rings (SSSR count). The third kappa shape index (κ3) is 4.91. The minimum absolute atomic E-state index is 0.0954. The normalized spacial score (nSPS) is 11.6. The average molecular weight is 427 g/mol. The first-order chi connectivity index (χ1) is 14.2. The Kier molecular flexibility index (Phi) is 6.64. The highest BCUT2D eigenvalue weighted by molar-refractivity contribution is 6.30. The zero-order valence-corrected chi connectivity index (χ0v) is 18.3. The van der Waals surface area contributed by atoms with Crippen LogP contribution in [0.2, 0.25) is 5.02 Å². The molecule has 0 atom stereocenters. The molecule has 0 spiro atoms. The third-order valence-corrected chi connectivity index (χ3v) is 5.36. The van der Waals surface area contributed by atoms with Gasteiger partial charge in [-0.1, -0.05) is 29.8 Å². The molecule has 0 radical (unpaired) electrons. The number of H-pyrrole nitrogens is 1. The fraction of sp³-hybridized carbons (Fsp3) is 0.333. The summed E-state index contributed by atoms with van der Waals surface area (Å²) in [4.78, 5) is 31.4. The summed E-state index contributed by atoms with van der Waals surface area (Å²) in [5.41, 5.74) is 1.92. The molecule has 2 N–H and O–H groups in total. The van der Waals surface area contributed by atoms with E-state index in [1.807, 2.05) is 45.0 Å². The molecule has 1 heterocycles. The average Bonchev–Trinajstić information content (AvgIpc) is 2.71. The molecule has 158 valence electrons. The van der Waals surface area contributed by atoms with Crippen LogP contribution in [-0.2, 0) is 13.0 Å². The predicted octanol–water partition coefficient (Wildman–Crippen LogP) is 4.55. The van der Waals surface area contributed by atoms with Gasteiger partial charge in [0.05, 0.1) is 0 Å². The Labute approximate surface area is 181 Å². The Morgan fingerprint density at radius 2 is 1.77 bits per heavy atom. The lowest BCUT2D eigenvalue weighted by atomic mass is 10.0. The van der Waals surface area contributed by atoms with E-state index in [9.17, 15) is 9.59 Å². The van der Waals surface area contributed by atoms with Gasteiger partial charge >= 0.3 is 0 Å². The second-order valence-corrected chi connectivity index (χ2v) is 8.86. The van der Waals surface area contributed by atoms with E-state index in [0.717, 1.165) is 11.1 Å². The number of carbonyl (C=O) groups is 1. The molecule has 2 aromatic carbocycles. The van der Waals surface area contributed by atoms with Gasteiger partial charge in [-0.2, -0.15) is 0 Å². The van der Waals surface area contributed by atoms with Crippen LogP contribution >= 0.6 is 11.6 Å². The van der Waals surface area contributed by atoms with Crippen LogP contribution in [0, 0.1) is 0 Å². The van der Waals surface area contributed by atoms with Crippen molar-refractivity contribution in [2.24, 2.45) is 0 Å². The van der Waals surface area contributed by atoms with E-state index >= 15 is 0 Å². The summed E-state index contributed by atoms with van der Waals surface area (Å²) in [5, 5.41) is 10.2. The number of aliphatic hydroxyl groups excluding tert-OH is 1. The monoisotopic (exact) mass is 426 g/mol. The Morgan fingerprint density at radius 1 is 1.10 bits per heavy atom. The zero-order valence-electron chi connectivity index (χ0n) is 17.5. The number of hydrogen-bond donors (Lipinski definition) is 2. The van der Waals surface area contributed by atoms with Crippen molar-refractivity contribution < 1.29 is 9.90 Å². The summed E-state index contributed by atoms with van der Waals surface area (Å²) in [7, 11) is 0. The van der Waals surface area contributed by atoms with E-state index in [4.69, 9.17) is 16.7 Å². The SMILES string of the molecule is CC(C)(C)N(Cc1ccc(Cl)cc1)C(=O)c1c[nH]c2ccc(CCCO)cc2c1=O. The Bertz CT molecular complexity index is 1100. The highest BCUT2D eigenvalue weighted by Gasteiger charge is 2.29. The molecular formula is C24H27ClN2O3. The van der Waals surface area contributed by atoms with Gasteiger partial charge in [0.1, 0.15) is 5.56 Å². The number of aryl methyl sites for hydroxylation is 1. The molecule has 0 aliphatic heterocycles. The molecule has 0 aliphatic carbocycles. The van der Waals surface area contributed by atoms with Crippen LogP contribution < -0.4 is 5.43 Å². The smallest absolute Gasteiger partial charge is 0.260 e. The van der Waals surface area contributed by atoms with Crippen LogP contribution in [0.3, 0.4) is 0 Å². The van der Waals surface area contributed by atoms with Gasteiger partial charge in [0.2, 0.25) is 5.43 Å². The van der Waals surface area contributed by atoms with Crippen LogP contribution in [0.15, 0.2) is 53.5 Å². The van der Waals surface area contributed by atoms with Crippen LogP contribution in [0.1, 0.15) is 48.7 Å². The molecule has 1 amide bonds. The van der Waals surface area contributed by atoms with Crippen molar-refractivity contribution in [2.75, 3.05) is 6.61 Å². The number of amides is 1. The van der Waals surface area contributed by atoms with Crippen LogP contribution in [0.4, 0.5) is 0 Å². The Morgan fingerprint density at radius 3 is 2.40 bits per heavy atom. The quantitative estimate of drug-likeness (QED) is 0.607. The van der Waals surface area contributed by atoms with E-state index in [1.54, 1.807) is 23.1 Å². The number of carbonyl (C=O) groups excluding carboxylic acids is 1. The van der Waals surface area contributed by atoms with Crippen molar-refractivity contribution in [3.63, 3.8) is 0 Å². The number of fused-ring (bicyclic) bond motifs is 1. The van der Waals surface area contributed by atoms with E-state index in [1.165, 1.54) is 6.20 Å². The van der Waals surface area contributed by atoms with Gasteiger partial charge in [-0.25, -0.2) is 0 Å². The second kappa shape index (κ2) is 9.02. The first kappa shape index (κ1) is 22.1. The van der Waals surface area contributed by atoms with Crippen molar-refractivity contribution in [3.05, 3.63) is 80.6 Å². The summed E-state index contributed by atoms with van der Waals surface area (Å²) in [5.74, 6) is -0.318. The number of aromatic nitrogens is 1. The second-order valence-electron chi connectivity index (χ2n) is 8.43. The van der Waals surface area contributed by atoms with Crippen molar-refractivity contribution in [2.45, 2.75) is 45.7 Å². The van der Waals surface area contributed by atoms with Crippen molar-refractivity contribution in [1.29, 1.82) is 0 Å². The number of benzene rings is 2. The summed E-state index contributed by atoms with van der Waals surface area (Å²) < 4.78 is 0.